The number of allylic oxidation sites excluding steroid dienone is 24. The van der Waals surface area contributed by atoms with Gasteiger partial charge < -0.3 is 34.2 Å². The lowest BCUT2D eigenvalue weighted by atomic mass is 10.1. The molecule has 18 heteroatoms. The van der Waals surface area contributed by atoms with Gasteiger partial charge in [0.25, 0.3) is 0 Å². The van der Waals surface area contributed by atoms with Crippen LogP contribution in [0, 0.1) is 0 Å². The molecule has 554 valence electrons. The minimum absolute atomic E-state index is 0.0877. The van der Waals surface area contributed by atoms with E-state index in [0.717, 1.165) is 186 Å². The molecule has 0 heterocycles. The Morgan fingerprint density at radius 1 is 0.299 bits per heavy atom. The van der Waals surface area contributed by atoms with Gasteiger partial charge >= 0.3 is 33.6 Å². The van der Waals surface area contributed by atoms with Crippen molar-refractivity contribution < 1.29 is 75.8 Å². The maximum absolute atomic E-state index is 12.9. The monoisotopic (exact) mass is 1400 g/mol. The third-order valence-corrected chi connectivity index (χ3v) is 16.9. The van der Waals surface area contributed by atoms with Crippen molar-refractivity contribution in [1.29, 1.82) is 0 Å². The standard InChI is InChI=1S/C79H132O16P2/c1-4-7-10-13-16-19-22-24-26-28-30-32-34-35-36-37-39-41-42-44-46-48-51-53-56-59-62-65-77(82)89-68-74(80)69-91-96(85,86)92-70-75(81)71-93-97(87,88)94-73-76(95-79(84)67-64-61-58-55-50-21-18-15-12-9-6-3)72-90-78(83)66-63-60-57-54-52-49-47-45-43-40-38-33-31-29-27-25-23-20-17-14-11-8-5-2/h7-8,10-11,15-20,24-27,30-33,35-36,39-41,43,74-76,80-81H,4-6,9,12-14,21-23,28-29,34,37-38,42,44-73H2,1-3H3,(H,85,86)(H,87,88)/b10-7-,11-8-,18-15-,19-16-,20-17-,26-24-,27-25-,32-30-,33-31-,36-35-,41-39-,43-40-. The van der Waals surface area contributed by atoms with Gasteiger partial charge in [0.2, 0.25) is 0 Å². The van der Waals surface area contributed by atoms with Gasteiger partial charge in [-0.15, -0.1) is 0 Å². The largest absolute Gasteiger partial charge is 0.472 e. The molecule has 0 amide bonds. The van der Waals surface area contributed by atoms with Gasteiger partial charge in [-0.3, -0.25) is 32.5 Å². The summed E-state index contributed by atoms with van der Waals surface area (Å²) in [5.74, 6) is -1.61. The fraction of sp³-hybridized carbons (Fsp3) is 0.658. The van der Waals surface area contributed by atoms with E-state index in [2.05, 4.69) is 167 Å². The van der Waals surface area contributed by atoms with Crippen molar-refractivity contribution in [2.45, 2.75) is 296 Å². The predicted octanol–water partition coefficient (Wildman–Crippen LogP) is 21.3. The molecule has 0 aromatic carbocycles. The van der Waals surface area contributed by atoms with E-state index in [0.29, 0.717) is 19.3 Å². The van der Waals surface area contributed by atoms with Gasteiger partial charge in [0.1, 0.15) is 25.4 Å². The smallest absolute Gasteiger partial charge is 0.463 e. The summed E-state index contributed by atoms with van der Waals surface area (Å²) in [5, 5.41) is 20.6. The SMILES string of the molecule is CC/C=C\C/C=C\C/C=C\C/C=C\C/C=C\C/C=C\CCCCCCCCCCC(=O)OCC(O)COP(=O)(O)OCC(O)COP(=O)(O)OCC(COC(=O)CCCCCCCCC/C=C\C/C=C\C/C=C\C/C=C\C/C=C\CC)OC(=O)CCCCCCC/C=C\CCCC. The van der Waals surface area contributed by atoms with Crippen molar-refractivity contribution in [3.8, 4) is 0 Å². The molecule has 0 bridgehead atoms. The van der Waals surface area contributed by atoms with Crippen LogP contribution < -0.4 is 0 Å². The van der Waals surface area contributed by atoms with Crippen molar-refractivity contribution in [2.75, 3.05) is 39.6 Å². The minimum atomic E-state index is -4.93. The molecule has 16 nitrogen and oxygen atoms in total. The molecule has 0 radical (unpaired) electrons. The molecular formula is C79H132O16P2. The average Bonchev–Trinajstić information content (AvgIpc) is 1.56. The first-order valence-corrected chi connectivity index (χ1v) is 40.1. The van der Waals surface area contributed by atoms with E-state index in [9.17, 15) is 43.5 Å². The molecule has 0 aliphatic heterocycles. The van der Waals surface area contributed by atoms with E-state index in [1.165, 1.54) is 32.1 Å². The summed E-state index contributed by atoms with van der Waals surface area (Å²) in [6.07, 6.45) is 86.2. The number of phosphoric ester groups is 2. The number of phosphoric acid groups is 2. The Balaban J connectivity index is 4.53. The summed E-state index contributed by atoms with van der Waals surface area (Å²) in [5.41, 5.74) is 0. The molecule has 5 atom stereocenters. The minimum Gasteiger partial charge on any atom is -0.463 e. The first-order valence-electron chi connectivity index (χ1n) is 37.1. The zero-order valence-corrected chi connectivity index (χ0v) is 62.0. The Kier molecular flexibility index (Phi) is 67.9. The number of hydrogen-bond acceptors (Lipinski definition) is 14. The van der Waals surface area contributed by atoms with Crippen LogP contribution in [0.1, 0.15) is 278 Å². The maximum Gasteiger partial charge on any atom is 0.472 e. The number of ether oxygens (including phenoxy) is 3. The molecule has 0 saturated heterocycles. The van der Waals surface area contributed by atoms with Crippen molar-refractivity contribution in [1.82, 2.24) is 0 Å². The molecular weight excluding hydrogens is 1270 g/mol. The second kappa shape index (κ2) is 71.3. The zero-order chi connectivity index (χ0) is 70.9. The van der Waals surface area contributed by atoms with Gasteiger partial charge in [0, 0.05) is 19.3 Å². The number of rotatable bonds is 69. The van der Waals surface area contributed by atoms with E-state index < -0.39 is 91.5 Å². The highest BCUT2D eigenvalue weighted by molar-refractivity contribution is 7.47. The Morgan fingerprint density at radius 2 is 0.546 bits per heavy atom. The number of carbonyl (C=O) groups is 3. The number of hydrogen-bond donors (Lipinski definition) is 4. The van der Waals surface area contributed by atoms with Crippen LogP contribution in [-0.4, -0.2) is 95.9 Å². The second-order valence-corrected chi connectivity index (χ2v) is 27.2. The molecule has 0 rings (SSSR count). The van der Waals surface area contributed by atoms with Crippen molar-refractivity contribution in [3.63, 3.8) is 0 Å². The summed E-state index contributed by atoms with van der Waals surface area (Å²) in [6.45, 7) is 2.36. The summed E-state index contributed by atoms with van der Waals surface area (Å²) in [7, 11) is -9.79. The lowest BCUT2D eigenvalue weighted by Crippen LogP contribution is -2.30. The van der Waals surface area contributed by atoms with E-state index in [1.807, 2.05) is 0 Å². The van der Waals surface area contributed by atoms with Gasteiger partial charge in [-0.2, -0.15) is 0 Å². The lowest BCUT2D eigenvalue weighted by molar-refractivity contribution is -0.161. The molecule has 0 aromatic heterocycles. The molecule has 97 heavy (non-hydrogen) atoms. The van der Waals surface area contributed by atoms with E-state index in [1.54, 1.807) is 0 Å². The highest BCUT2D eigenvalue weighted by Crippen LogP contribution is 2.45. The summed E-state index contributed by atoms with van der Waals surface area (Å²) < 4.78 is 60.9. The normalized spacial score (nSPS) is 14.9. The average molecular weight is 1400 g/mol. The van der Waals surface area contributed by atoms with Crippen LogP contribution in [0.15, 0.2) is 146 Å². The molecule has 5 unspecified atom stereocenters. The second-order valence-electron chi connectivity index (χ2n) is 24.3. The predicted molar refractivity (Wildman–Crippen MR) is 399 cm³/mol. The molecule has 4 N–H and O–H groups in total. The van der Waals surface area contributed by atoms with Gasteiger partial charge in [-0.25, -0.2) is 9.13 Å². The number of unbranched alkanes of at least 4 members (excludes halogenated alkanes) is 22. The van der Waals surface area contributed by atoms with Gasteiger partial charge in [0.15, 0.2) is 6.10 Å². The van der Waals surface area contributed by atoms with Crippen molar-refractivity contribution in [2.24, 2.45) is 0 Å². The first-order chi connectivity index (χ1) is 47.2. The Hall–Kier alpha value is -4.57. The molecule has 0 aliphatic rings. The molecule has 0 aliphatic carbocycles. The number of aliphatic hydroxyl groups excluding tert-OH is 2. The summed E-state index contributed by atoms with van der Waals surface area (Å²) in [4.78, 5) is 58.5. The molecule has 0 saturated carbocycles. The van der Waals surface area contributed by atoms with Gasteiger partial charge in [0.05, 0.1) is 26.4 Å². The number of carbonyl (C=O) groups excluding carboxylic acids is 3. The highest BCUT2D eigenvalue weighted by Gasteiger charge is 2.29. The fourth-order valence-electron chi connectivity index (χ4n) is 9.40. The summed E-state index contributed by atoms with van der Waals surface area (Å²) >= 11 is 0. The van der Waals surface area contributed by atoms with Crippen LogP contribution >= 0.6 is 15.6 Å². The lowest BCUT2D eigenvalue weighted by Gasteiger charge is -2.21. The van der Waals surface area contributed by atoms with Crippen molar-refractivity contribution >= 4 is 33.6 Å². The van der Waals surface area contributed by atoms with E-state index >= 15 is 0 Å². The van der Waals surface area contributed by atoms with Crippen LogP contribution in [-0.2, 0) is 55.8 Å². The number of aliphatic hydroxyl groups is 2. The fourth-order valence-corrected chi connectivity index (χ4v) is 11.0. The first kappa shape index (κ1) is 92.4. The maximum atomic E-state index is 12.9. The Morgan fingerprint density at radius 3 is 0.876 bits per heavy atom. The Labute approximate surface area is 587 Å². The topological polar surface area (TPSA) is 231 Å². The van der Waals surface area contributed by atoms with Crippen LogP contribution in [0.2, 0.25) is 0 Å². The van der Waals surface area contributed by atoms with E-state index in [-0.39, 0.29) is 19.3 Å². The van der Waals surface area contributed by atoms with Crippen LogP contribution in [0.3, 0.4) is 0 Å². The molecule has 0 aromatic rings. The van der Waals surface area contributed by atoms with Crippen LogP contribution in [0.4, 0.5) is 0 Å². The summed E-state index contributed by atoms with van der Waals surface area (Å²) in [6, 6.07) is 0. The van der Waals surface area contributed by atoms with Crippen LogP contribution in [0.5, 0.6) is 0 Å². The quantitative estimate of drug-likeness (QED) is 0.0146. The Bertz CT molecular complexity index is 2350. The van der Waals surface area contributed by atoms with Gasteiger partial charge in [-0.05, 0) is 135 Å². The third-order valence-electron chi connectivity index (χ3n) is 15.0. The van der Waals surface area contributed by atoms with E-state index in [4.69, 9.17) is 32.3 Å². The van der Waals surface area contributed by atoms with Crippen LogP contribution in [0.25, 0.3) is 0 Å². The molecule has 0 spiro atoms. The van der Waals surface area contributed by atoms with Crippen molar-refractivity contribution in [3.05, 3.63) is 146 Å². The zero-order valence-electron chi connectivity index (χ0n) is 60.2. The molecule has 0 fully saturated rings. The van der Waals surface area contributed by atoms with Gasteiger partial charge in [-0.1, -0.05) is 269 Å². The third kappa shape index (κ3) is 72.5. The number of esters is 3. The highest BCUT2D eigenvalue weighted by atomic mass is 31.2.